The predicted octanol–water partition coefficient (Wildman–Crippen LogP) is -0.0150. The number of benzene rings is 1. The summed E-state index contributed by atoms with van der Waals surface area (Å²) in [7, 11) is 3.07. The first-order chi connectivity index (χ1) is 9.47. The third-order valence-electron chi connectivity index (χ3n) is 2.77. The molecule has 0 radical (unpaired) electrons. The first kappa shape index (κ1) is 16.3. The van der Waals surface area contributed by atoms with E-state index in [0.29, 0.717) is 16.5 Å². The number of amides is 2. The molecule has 0 fully saturated rings. The van der Waals surface area contributed by atoms with E-state index in [-0.39, 0.29) is 18.4 Å². The van der Waals surface area contributed by atoms with E-state index in [1.165, 1.54) is 7.11 Å². The van der Waals surface area contributed by atoms with E-state index >= 15 is 0 Å². The maximum Gasteiger partial charge on any atom is 0.282 e. The Morgan fingerprint density at radius 3 is 2.75 bits per heavy atom. The molecule has 0 saturated carbocycles. The van der Waals surface area contributed by atoms with Gasteiger partial charge >= 0.3 is 0 Å². The highest BCUT2D eigenvalue weighted by atomic mass is 35.5. The van der Waals surface area contributed by atoms with Gasteiger partial charge in [-0.05, 0) is 25.1 Å². The lowest BCUT2D eigenvalue weighted by Crippen LogP contribution is -2.93. The Morgan fingerprint density at radius 2 is 2.15 bits per heavy atom. The molecule has 0 bridgehead atoms. The molecule has 0 saturated heterocycles. The normalized spacial score (nSPS) is 11.6. The van der Waals surface area contributed by atoms with Crippen LogP contribution in [0.25, 0.3) is 0 Å². The Labute approximate surface area is 122 Å². The van der Waals surface area contributed by atoms with Gasteiger partial charge in [-0.15, -0.1) is 0 Å². The van der Waals surface area contributed by atoms with Gasteiger partial charge < -0.3 is 20.7 Å². The first-order valence-electron chi connectivity index (χ1n) is 6.16. The molecule has 1 rings (SSSR count). The van der Waals surface area contributed by atoms with Crippen LogP contribution < -0.4 is 20.7 Å². The zero-order chi connectivity index (χ0) is 15.1. The molecule has 0 aliphatic carbocycles. The van der Waals surface area contributed by atoms with E-state index in [1.807, 2.05) is 0 Å². The summed E-state index contributed by atoms with van der Waals surface area (Å²) in [5.41, 5.74) is 0.505. The van der Waals surface area contributed by atoms with Crippen LogP contribution >= 0.6 is 11.6 Å². The van der Waals surface area contributed by atoms with Crippen LogP contribution in [-0.4, -0.2) is 38.6 Å². The van der Waals surface area contributed by atoms with Gasteiger partial charge in [-0.2, -0.15) is 0 Å². The lowest BCUT2D eigenvalue weighted by Gasteiger charge is -2.13. The van der Waals surface area contributed by atoms with Crippen molar-refractivity contribution in [3.63, 3.8) is 0 Å². The number of carbonyl (C=O) groups is 2. The third kappa shape index (κ3) is 4.71. The molecule has 0 aromatic heterocycles. The summed E-state index contributed by atoms with van der Waals surface area (Å²) < 4.78 is 5.15. The number of methoxy groups -OCH3 is 1. The van der Waals surface area contributed by atoms with Crippen molar-refractivity contribution in [3.05, 3.63) is 23.2 Å². The van der Waals surface area contributed by atoms with Crippen LogP contribution in [0.3, 0.4) is 0 Å². The summed E-state index contributed by atoms with van der Waals surface area (Å²) in [6, 6.07) is 4.56. The zero-order valence-corrected chi connectivity index (χ0v) is 12.5. The van der Waals surface area contributed by atoms with Crippen molar-refractivity contribution in [2.45, 2.75) is 13.0 Å². The van der Waals surface area contributed by atoms with Crippen LogP contribution in [0.1, 0.15) is 6.92 Å². The highest BCUT2D eigenvalue weighted by Crippen LogP contribution is 2.27. The molecular formula is C13H19ClN3O3+. The second-order valence-corrected chi connectivity index (χ2v) is 4.67. The summed E-state index contributed by atoms with van der Waals surface area (Å²) in [5, 5.41) is 7.37. The number of nitrogens with one attached hydrogen (secondary N) is 2. The van der Waals surface area contributed by atoms with Crippen LogP contribution in [0.15, 0.2) is 18.2 Å². The summed E-state index contributed by atoms with van der Waals surface area (Å²) >= 11 is 5.89. The second-order valence-electron chi connectivity index (χ2n) is 4.24. The standard InChI is InChI=1S/C13H18ClN3O3/c1-8(16-7-12(18)15-2)13(19)17-10-6-9(14)4-5-11(10)20-3/h4-6,8,16H,7H2,1-3H3,(H,15,18)(H,17,19)/p+1/t8-/m1/s1. The minimum Gasteiger partial charge on any atom is -0.495 e. The van der Waals surface area contributed by atoms with Gasteiger partial charge in [-0.3, -0.25) is 9.59 Å². The number of quaternary nitrogens is 1. The molecular weight excluding hydrogens is 282 g/mol. The van der Waals surface area contributed by atoms with Crippen LogP contribution in [0.5, 0.6) is 5.75 Å². The monoisotopic (exact) mass is 300 g/mol. The van der Waals surface area contributed by atoms with E-state index in [4.69, 9.17) is 16.3 Å². The molecule has 0 aliphatic rings. The Hall–Kier alpha value is -1.79. The van der Waals surface area contributed by atoms with E-state index in [0.717, 1.165) is 0 Å². The molecule has 0 unspecified atom stereocenters. The number of hydrogen-bond acceptors (Lipinski definition) is 3. The summed E-state index contributed by atoms with van der Waals surface area (Å²) in [4.78, 5) is 23.2. The largest absolute Gasteiger partial charge is 0.495 e. The van der Waals surface area contributed by atoms with Crippen molar-refractivity contribution in [1.82, 2.24) is 5.32 Å². The molecule has 2 amide bonds. The van der Waals surface area contributed by atoms with Crippen LogP contribution in [-0.2, 0) is 9.59 Å². The van der Waals surface area contributed by atoms with Gasteiger partial charge in [0.25, 0.3) is 11.8 Å². The van der Waals surface area contributed by atoms with E-state index in [2.05, 4.69) is 10.6 Å². The molecule has 110 valence electrons. The number of nitrogens with two attached hydrogens (primary N) is 1. The number of likely N-dealkylation sites (N-methyl/N-ethyl adjacent to an activating group) is 1. The Kier molecular flexibility index (Phi) is 6.27. The van der Waals surface area contributed by atoms with Gasteiger partial charge in [0.1, 0.15) is 5.75 Å². The molecule has 4 N–H and O–H groups in total. The summed E-state index contributed by atoms with van der Waals surface area (Å²) in [6.07, 6.45) is 0. The maximum absolute atomic E-state index is 12.0. The Balaban J connectivity index is 2.65. The molecule has 0 spiro atoms. The lowest BCUT2D eigenvalue weighted by molar-refractivity contribution is -0.662. The zero-order valence-electron chi connectivity index (χ0n) is 11.7. The smallest absolute Gasteiger partial charge is 0.282 e. The number of carbonyl (C=O) groups excluding carboxylic acids is 2. The highest BCUT2D eigenvalue weighted by molar-refractivity contribution is 6.31. The first-order valence-corrected chi connectivity index (χ1v) is 6.54. The maximum atomic E-state index is 12.0. The highest BCUT2D eigenvalue weighted by Gasteiger charge is 2.18. The second kappa shape index (κ2) is 7.72. The number of ether oxygens (including phenoxy) is 1. The molecule has 20 heavy (non-hydrogen) atoms. The molecule has 0 heterocycles. The summed E-state index contributed by atoms with van der Waals surface area (Å²) in [6.45, 7) is 1.91. The minimum absolute atomic E-state index is 0.134. The van der Waals surface area contributed by atoms with Gasteiger partial charge in [0.15, 0.2) is 12.6 Å². The molecule has 0 aliphatic heterocycles. The minimum atomic E-state index is -0.406. The average Bonchev–Trinajstić information content (AvgIpc) is 2.44. The van der Waals surface area contributed by atoms with Gasteiger partial charge in [0, 0.05) is 12.1 Å². The van der Waals surface area contributed by atoms with Gasteiger partial charge in [0.2, 0.25) is 0 Å². The number of rotatable bonds is 6. The van der Waals surface area contributed by atoms with Gasteiger partial charge in [-0.25, -0.2) is 0 Å². The molecule has 7 heteroatoms. The van der Waals surface area contributed by atoms with E-state index in [9.17, 15) is 9.59 Å². The van der Waals surface area contributed by atoms with Crippen molar-refractivity contribution in [1.29, 1.82) is 0 Å². The molecule has 6 nitrogen and oxygen atoms in total. The fourth-order valence-corrected chi connectivity index (χ4v) is 1.69. The van der Waals surface area contributed by atoms with Crippen molar-refractivity contribution in [3.8, 4) is 5.75 Å². The number of hydrogen-bond donors (Lipinski definition) is 3. The van der Waals surface area contributed by atoms with E-state index < -0.39 is 6.04 Å². The van der Waals surface area contributed by atoms with Crippen LogP contribution in [0.2, 0.25) is 5.02 Å². The van der Waals surface area contributed by atoms with Crippen molar-refractivity contribution in [2.75, 3.05) is 26.0 Å². The fourth-order valence-electron chi connectivity index (χ4n) is 1.52. The van der Waals surface area contributed by atoms with Crippen molar-refractivity contribution >= 4 is 29.1 Å². The molecule has 1 aromatic carbocycles. The fraction of sp³-hybridized carbons (Fsp3) is 0.385. The van der Waals surface area contributed by atoms with Crippen LogP contribution in [0.4, 0.5) is 5.69 Å². The lowest BCUT2D eigenvalue weighted by atomic mass is 10.2. The Morgan fingerprint density at radius 1 is 1.45 bits per heavy atom. The number of anilines is 1. The Bertz CT molecular complexity index is 494. The van der Waals surface area contributed by atoms with E-state index in [1.54, 1.807) is 37.5 Å². The predicted molar refractivity (Wildman–Crippen MR) is 77.0 cm³/mol. The molecule has 1 aromatic rings. The third-order valence-corrected chi connectivity index (χ3v) is 3.00. The number of halogens is 1. The average molecular weight is 301 g/mol. The SMILES string of the molecule is CNC(=O)C[NH2+][C@H](C)C(=O)Nc1cc(Cl)ccc1OC. The van der Waals surface area contributed by atoms with Crippen molar-refractivity contribution < 1.29 is 19.6 Å². The van der Waals surface area contributed by atoms with Crippen LogP contribution in [0, 0.1) is 0 Å². The van der Waals surface area contributed by atoms with Gasteiger partial charge in [0.05, 0.1) is 12.8 Å². The topological polar surface area (TPSA) is 84.0 Å². The summed E-state index contributed by atoms with van der Waals surface area (Å²) in [5.74, 6) is 0.167. The van der Waals surface area contributed by atoms with Gasteiger partial charge in [-0.1, -0.05) is 11.6 Å². The van der Waals surface area contributed by atoms with Crippen molar-refractivity contribution in [2.24, 2.45) is 0 Å². The molecule has 1 atom stereocenters. The quantitative estimate of drug-likeness (QED) is 0.691.